The molecule has 1 aliphatic rings. The molecule has 1 rings (SSSR count). The summed E-state index contributed by atoms with van der Waals surface area (Å²) in [4.78, 5) is 24.7. The lowest BCUT2D eigenvalue weighted by Gasteiger charge is -2.26. The van der Waals surface area contributed by atoms with E-state index < -0.39 is 11.9 Å². The van der Waals surface area contributed by atoms with Gasteiger partial charge in [0.25, 0.3) is 0 Å². The van der Waals surface area contributed by atoms with E-state index in [4.69, 9.17) is 9.84 Å². The number of rotatable bonds is 7. The Morgan fingerprint density at radius 1 is 1.15 bits per heavy atom. The lowest BCUT2D eigenvalue weighted by Crippen LogP contribution is -2.36. The number of aliphatic carboxylic acids is 2. The van der Waals surface area contributed by atoms with Crippen LogP contribution in [-0.4, -0.2) is 59.9 Å². The molecule has 114 valence electrons. The lowest BCUT2D eigenvalue weighted by atomic mass is 9.94. The van der Waals surface area contributed by atoms with Gasteiger partial charge in [-0.25, -0.2) is 9.59 Å². The molecule has 1 heterocycles. The van der Waals surface area contributed by atoms with Gasteiger partial charge in [-0.05, 0) is 25.3 Å². The smallest absolute Gasteiger partial charge is 0.332 e. The fourth-order valence-corrected chi connectivity index (χ4v) is 2.39. The standard InChI is InChI=1S/C14H23NO5/c1-10(2)12(14(18)19)11(13(16)17)4-3-5-15-6-8-20-9-7-15/h10H,3-9H2,1-2H3,(H,16,17)(H,18,19). The monoisotopic (exact) mass is 285 g/mol. The van der Waals surface area contributed by atoms with E-state index in [1.807, 2.05) is 0 Å². The Bertz CT molecular complexity index is 383. The van der Waals surface area contributed by atoms with Gasteiger partial charge in [-0.3, -0.25) is 4.90 Å². The summed E-state index contributed by atoms with van der Waals surface area (Å²) in [5.74, 6) is -2.57. The molecule has 6 nitrogen and oxygen atoms in total. The van der Waals surface area contributed by atoms with Gasteiger partial charge in [0, 0.05) is 24.2 Å². The Kier molecular flexibility index (Phi) is 6.67. The predicted molar refractivity (Wildman–Crippen MR) is 73.6 cm³/mol. The molecule has 1 saturated heterocycles. The van der Waals surface area contributed by atoms with Gasteiger partial charge < -0.3 is 14.9 Å². The van der Waals surface area contributed by atoms with E-state index in [9.17, 15) is 14.7 Å². The van der Waals surface area contributed by atoms with Crippen LogP contribution in [0.5, 0.6) is 0 Å². The average molecular weight is 285 g/mol. The van der Waals surface area contributed by atoms with Crippen LogP contribution in [0.3, 0.4) is 0 Å². The maximum Gasteiger partial charge on any atom is 0.332 e. The second kappa shape index (κ2) is 8.01. The van der Waals surface area contributed by atoms with E-state index in [1.165, 1.54) is 0 Å². The van der Waals surface area contributed by atoms with Crippen molar-refractivity contribution in [3.05, 3.63) is 11.1 Å². The zero-order valence-corrected chi connectivity index (χ0v) is 12.1. The molecule has 0 aliphatic carbocycles. The van der Waals surface area contributed by atoms with Crippen molar-refractivity contribution in [2.45, 2.75) is 26.7 Å². The van der Waals surface area contributed by atoms with Crippen LogP contribution in [0.2, 0.25) is 0 Å². The third-order valence-corrected chi connectivity index (χ3v) is 3.40. The van der Waals surface area contributed by atoms with Gasteiger partial charge in [-0.15, -0.1) is 0 Å². The van der Waals surface area contributed by atoms with Crippen LogP contribution in [0.4, 0.5) is 0 Å². The fraction of sp³-hybridized carbons (Fsp3) is 0.714. The third kappa shape index (κ3) is 4.94. The van der Waals surface area contributed by atoms with E-state index in [0.717, 1.165) is 19.6 Å². The summed E-state index contributed by atoms with van der Waals surface area (Å²) in [6, 6.07) is 0. The molecule has 1 aliphatic heterocycles. The minimum absolute atomic E-state index is 0.0134. The average Bonchev–Trinajstić information content (AvgIpc) is 2.37. The molecule has 6 heteroatoms. The number of nitrogens with zero attached hydrogens (tertiary/aromatic N) is 1. The van der Waals surface area contributed by atoms with Gasteiger partial charge in [-0.2, -0.15) is 0 Å². The van der Waals surface area contributed by atoms with Gasteiger partial charge in [0.15, 0.2) is 0 Å². The number of ether oxygens (including phenoxy) is 1. The minimum atomic E-state index is -1.14. The summed E-state index contributed by atoms with van der Waals surface area (Å²) >= 11 is 0. The molecule has 0 amide bonds. The molecule has 0 aromatic carbocycles. The molecule has 0 atom stereocenters. The predicted octanol–water partition coefficient (Wildman–Crippen LogP) is 1.22. The Hall–Kier alpha value is -1.40. The van der Waals surface area contributed by atoms with Crippen LogP contribution < -0.4 is 0 Å². The normalized spacial score (nSPS) is 17.9. The SMILES string of the molecule is CC(C)C(C(=O)O)=C(CCCN1CCOCC1)C(=O)O. The Balaban J connectivity index is 2.64. The van der Waals surface area contributed by atoms with Gasteiger partial charge in [-0.1, -0.05) is 13.8 Å². The van der Waals surface area contributed by atoms with Crippen LogP contribution in [0.1, 0.15) is 26.7 Å². The maximum atomic E-state index is 11.3. The Labute approximate surface area is 119 Å². The topological polar surface area (TPSA) is 87.1 Å². The summed E-state index contributed by atoms with van der Waals surface area (Å²) in [5.41, 5.74) is 0.0419. The summed E-state index contributed by atoms with van der Waals surface area (Å²) in [5, 5.41) is 18.4. The third-order valence-electron chi connectivity index (χ3n) is 3.40. The van der Waals surface area contributed by atoms with Gasteiger partial charge >= 0.3 is 11.9 Å². The van der Waals surface area contributed by atoms with E-state index >= 15 is 0 Å². The molecule has 0 unspecified atom stereocenters. The first-order chi connectivity index (χ1) is 9.43. The summed E-state index contributed by atoms with van der Waals surface area (Å²) in [7, 11) is 0. The van der Waals surface area contributed by atoms with Crippen LogP contribution in [0.15, 0.2) is 11.1 Å². The first-order valence-corrected chi connectivity index (χ1v) is 6.93. The van der Waals surface area contributed by atoms with E-state index in [2.05, 4.69) is 4.90 Å². The molecule has 0 bridgehead atoms. The van der Waals surface area contributed by atoms with Gasteiger partial charge in [0.2, 0.25) is 0 Å². The molecule has 2 N–H and O–H groups in total. The molecule has 0 saturated carbocycles. The number of morpholine rings is 1. The number of carbonyl (C=O) groups is 2. The van der Waals surface area contributed by atoms with Gasteiger partial charge in [0.1, 0.15) is 0 Å². The number of hydrogen-bond acceptors (Lipinski definition) is 4. The fourth-order valence-electron chi connectivity index (χ4n) is 2.39. The van der Waals surface area contributed by atoms with E-state index in [1.54, 1.807) is 13.8 Å². The van der Waals surface area contributed by atoms with Crippen LogP contribution in [0, 0.1) is 5.92 Å². The van der Waals surface area contributed by atoms with Crippen molar-refractivity contribution in [1.29, 1.82) is 0 Å². The molecule has 0 aromatic heterocycles. The molecule has 0 radical (unpaired) electrons. The highest BCUT2D eigenvalue weighted by molar-refractivity contribution is 5.99. The molecule has 0 aromatic rings. The Morgan fingerprint density at radius 2 is 1.75 bits per heavy atom. The lowest BCUT2D eigenvalue weighted by molar-refractivity contribution is -0.136. The van der Waals surface area contributed by atoms with Crippen LogP contribution >= 0.6 is 0 Å². The molecule has 0 spiro atoms. The number of carboxylic acids is 2. The van der Waals surface area contributed by atoms with Crippen molar-refractivity contribution >= 4 is 11.9 Å². The highest BCUT2D eigenvalue weighted by Crippen LogP contribution is 2.20. The van der Waals surface area contributed by atoms with Crippen LogP contribution in [-0.2, 0) is 14.3 Å². The quantitative estimate of drug-likeness (QED) is 0.684. The molecular weight excluding hydrogens is 262 g/mol. The second-order valence-electron chi connectivity index (χ2n) is 5.21. The second-order valence-corrected chi connectivity index (χ2v) is 5.21. The van der Waals surface area contributed by atoms with Crippen molar-refractivity contribution in [3.63, 3.8) is 0 Å². The van der Waals surface area contributed by atoms with Crippen molar-refractivity contribution in [2.75, 3.05) is 32.8 Å². The zero-order chi connectivity index (χ0) is 15.1. The molecule has 1 fully saturated rings. The number of hydrogen-bond donors (Lipinski definition) is 2. The van der Waals surface area contributed by atoms with E-state index in [0.29, 0.717) is 19.6 Å². The van der Waals surface area contributed by atoms with Crippen molar-refractivity contribution in [2.24, 2.45) is 5.92 Å². The summed E-state index contributed by atoms with van der Waals surface area (Å²) in [6.07, 6.45) is 0.928. The highest BCUT2D eigenvalue weighted by atomic mass is 16.5. The summed E-state index contributed by atoms with van der Waals surface area (Å²) in [6.45, 7) is 7.28. The number of carboxylic acid groups (broad SMARTS) is 2. The highest BCUT2D eigenvalue weighted by Gasteiger charge is 2.22. The largest absolute Gasteiger partial charge is 0.478 e. The molecular formula is C14H23NO5. The first kappa shape index (κ1) is 16.7. The minimum Gasteiger partial charge on any atom is -0.478 e. The van der Waals surface area contributed by atoms with E-state index in [-0.39, 0.29) is 23.5 Å². The van der Waals surface area contributed by atoms with Crippen molar-refractivity contribution in [3.8, 4) is 0 Å². The summed E-state index contributed by atoms with van der Waals surface area (Å²) < 4.78 is 5.24. The first-order valence-electron chi connectivity index (χ1n) is 6.93. The van der Waals surface area contributed by atoms with Gasteiger partial charge in [0.05, 0.1) is 13.2 Å². The van der Waals surface area contributed by atoms with Crippen LogP contribution in [0.25, 0.3) is 0 Å². The maximum absolute atomic E-state index is 11.3. The Morgan fingerprint density at radius 3 is 2.20 bits per heavy atom. The van der Waals surface area contributed by atoms with Crippen molar-refractivity contribution in [1.82, 2.24) is 4.90 Å². The van der Waals surface area contributed by atoms with Crippen molar-refractivity contribution < 1.29 is 24.5 Å². The zero-order valence-electron chi connectivity index (χ0n) is 12.1. The molecule has 20 heavy (non-hydrogen) atoms.